The van der Waals surface area contributed by atoms with Gasteiger partial charge in [0.25, 0.3) is 0 Å². The summed E-state index contributed by atoms with van der Waals surface area (Å²) in [5.74, 6) is -0.278. The van der Waals surface area contributed by atoms with Gasteiger partial charge in [0.05, 0.1) is 12.7 Å². The van der Waals surface area contributed by atoms with Crippen molar-refractivity contribution >= 4 is 17.3 Å². The van der Waals surface area contributed by atoms with Gasteiger partial charge in [0.1, 0.15) is 4.88 Å². The number of thiophene rings is 1. The maximum Gasteiger partial charge on any atom is 0.348 e. The van der Waals surface area contributed by atoms with E-state index in [1.807, 2.05) is 12.1 Å². The Labute approximate surface area is 163 Å². The third-order valence-electron chi connectivity index (χ3n) is 5.57. The van der Waals surface area contributed by atoms with E-state index in [9.17, 15) is 4.79 Å². The molecule has 144 valence electrons. The molecular weight excluding hydrogens is 362 g/mol. The lowest BCUT2D eigenvalue weighted by molar-refractivity contribution is -0.226. The highest BCUT2D eigenvalue weighted by molar-refractivity contribution is 7.14. The summed E-state index contributed by atoms with van der Waals surface area (Å²) in [5.41, 5.74) is 2.11. The van der Waals surface area contributed by atoms with Gasteiger partial charge in [0.2, 0.25) is 0 Å². The van der Waals surface area contributed by atoms with Crippen molar-refractivity contribution in [2.75, 3.05) is 27.3 Å². The predicted molar refractivity (Wildman–Crippen MR) is 104 cm³/mol. The third-order valence-corrected chi connectivity index (χ3v) is 6.71. The number of piperidine rings is 1. The quantitative estimate of drug-likeness (QED) is 0.751. The molecule has 0 radical (unpaired) electrons. The molecule has 4 rings (SSSR count). The van der Waals surface area contributed by atoms with Crippen LogP contribution in [0, 0.1) is 0 Å². The van der Waals surface area contributed by atoms with Crippen LogP contribution >= 0.6 is 11.3 Å². The molecule has 1 saturated heterocycles. The SMILES string of the molecule is COC(=O)c1cc2c(s1)CC(OC)OC21CCN(Cc2ccccc2)CC1. The van der Waals surface area contributed by atoms with E-state index in [1.54, 1.807) is 7.11 Å². The highest BCUT2D eigenvalue weighted by Crippen LogP contribution is 2.46. The number of rotatable bonds is 4. The molecule has 0 N–H and O–H groups in total. The minimum absolute atomic E-state index is 0.262. The molecule has 2 aliphatic heterocycles. The zero-order valence-electron chi connectivity index (χ0n) is 15.8. The maximum absolute atomic E-state index is 12.0. The van der Waals surface area contributed by atoms with E-state index >= 15 is 0 Å². The van der Waals surface area contributed by atoms with Crippen LogP contribution in [-0.4, -0.2) is 44.5 Å². The number of esters is 1. The lowest BCUT2D eigenvalue weighted by atomic mass is 9.82. The summed E-state index contributed by atoms with van der Waals surface area (Å²) in [4.78, 5) is 16.3. The van der Waals surface area contributed by atoms with Gasteiger partial charge in [-0.05, 0) is 30.0 Å². The maximum atomic E-state index is 12.0. The summed E-state index contributed by atoms with van der Waals surface area (Å²) >= 11 is 1.51. The van der Waals surface area contributed by atoms with Crippen LogP contribution in [-0.2, 0) is 32.8 Å². The van der Waals surface area contributed by atoms with Crippen molar-refractivity contribution in [2.24, 2.45) is 0 Å². The second-order valence-electron chi connectivity index (χ2n) is 7.18. The highest BCUT2D eigenvalue weighted by atomic mass is 32.1. The first-order valence-electron chi connectivity index (χ1n) is 9.32. The number of ether oxygens (including phenoxy) is 3. The van der Waals surface area contributed by atoms with Crippen LogP contribution in [0.2, 0.25) is 0 Å². The molecule has 1 aromatic heterocycles. The van der Waals surface area contributed by atoms with E-state index in [1.165, 1.54) is 28.9 Å². The Morgan fingerprint density at radius 3 is 2.67 bits per heavy atom. The molecule has 0 saturated carbocycles. The Morgan fingerprint density at radius 1 is 1.26 bits per heavy atom. The topological polar surface area (TPSA) is 48.0 Å². The number of methoxy groups -OCH3 is 2. The van der Waals surface area contributed by atoms with Crippen molar-refractivity contribution in [3.63, 3.8) is 0 Å². The van der Waals surface area contributed by atoms with Crippen molar-refractivity contribution in [2.45, 2.75) is 37.7 Å². The van der Waals surface area contributed by atoms with Crippen molar-refractivity contribution < 1.29 is 19.0 Å². The molecule has 2 aromatic rings. The molecule has 2 aliphatic rings. The van der Waals surface area contributed by atoms with E-state index < -0.39 is 0 Å². The van der Waals surface area contributed by atoms with E-state index in [4.69, 9.17) is 14.2 Å². The van der Waals surface area contributed by atoms with Gasteiger partial charge in [-0.2, -0.15) is 0 Å². The Hall–Kier alpha value is -1.73. The monoisotopic (exact) mass is 387 g/mol. The van der Waals surface area contributed by atoms with Crippen LogP contribution in [0.25, 0.3) is 0 Å². The minimum atomic E-state index is -0.371. The normalized spacial score (nSPS) is 21.8. The number of hydrogen-bond donors (Lipinski definition) is 0. The summed E-state index contributed by atoms with van der Waals surface area (Å²) < 4.78 is 16.9. The Bertz CT molecular complexity index is 796. The first kappa shape index (κ1) is 18.6. The summed E-state index contributed by atoms with van der Waals surface area (Å²) in [5, 5.41) is 0. The Kier molecular flexibility index (Phi) is 5.32. The Morgan fingerprint density at radius 2 is 2.00 bits per heavy atom. The number of benzene rings is 1. The van der Waals surface area contributed by atoms with Gasteiger partial charge in [-0.3, -0.25) is 4.90 Å². The standard InChI is InChI=1S/C21H25NO4S/c1-24-19-13-17-16(12-18(27-17)20(23)25-2)21(26-19)8-10-22(11-9-21)14-15-6-4-3-5-7-15/h3-7,12,19H,8-11,13-14H2,1-2H3. The second kappa shape index (κ2) is 7.72. The van der Waals surface area contributed by atoms with Crippen molar-refractivity contribution in [1.82, 2.24) is 4.90 Å². The van der Waals surface area contributed by atoms with Gasteiger partial charge in [0, 0.05) is 38.0 Å². The molecule has 1 aromatic carbocycles. The minimum Gasteiger partial charge on any atom is -0.465 e. The van der Waals surface area contributed by atoms with Crippen LogP contribution < -0.4 is 0 Å². The van der Waals surface area contributed by atoms with E-state index in [0.29, 0.717) is 11.3 Å². The second-order valence-corrected chi connectivity index (χ2v) is 8.32. The third kappa shape index (κ3) is 3.67. The fraction of sp³-hybridized carbons (Fsp3) is 0.476. The number of likely N-dealkylation sites (tertiary alicyclic amines) is 1. The molecule has 0 bridgehead atoms. The van der Waals surface area contributed by atoms with Crippen LogP contribution in [0.5, 0.6) is 0 Å². The van der Waals surface area contributed by atoms with Gasteiger partial charge >= 0.3 is 5.97 Å². The summed E-state index contributed by atoms with van der Waals surface area (Å²) in [6.07, 6.45) is 2.21. The summed E-state index contributed by atoms with van der Waals surface area (Å²) in [6.45, 7) is 2.86. The summed E-state index contributed by atoms with van der Waals surface area (Å²) in [6, 6.07) is 12.5. The van der Waals surface area contributed by atoms with Crippen LogP contribution in [0.4, 0.5) is 0 Å². The average Bonchev–Trinajstić information content (AvgIpc) is 3.15. The zero-order chi connectivity index (χ0) is 18.9. The van der Waals surface area contributed by atoms with Crippen LogP contribution in [0.1, 0.15) is 38.5 Å². The molecule has 3 heterocycles. The molecule has 0 aliphatic carbocycles. The molecule has 5 nitrogen and oxygen atoms in total. The first-order valence-corrected chi connectivity index (χ1v) is 10.1. The van der Waals surface area contributed by atoms with Gasteiger partial charge in [0.15, 0.2) is 6.29 Å². The highest BCUT2D eigenvalue weighted by Gasteiger charge is 2.45. The average molecular weight is 388 g/mol. The number of nitrogens with zero attached hydrogens (tertiary/aromatic N) is 1. The molecule has 1 atom stereocenters. The van der Waals surface area contributed by atoms with Crippen molar-refractivity contribution in [3.05, 3.63) is 57.3 Å². The molecule has 1 unspecified atom stereocenters. The van der Waals surface area contributed by atoms with Crippen LogP contribution in [0.15, 0.2) is 36.4 Å². The fourth-order valence-corrected chi connectivity index (χ4v) is 5.29. The smallest absolute Gasteiger partial charge is 0.348 e. The molecule has 1 fully saturated rings. The van der Waals surface area contributed by atoms with E-state index in [2.05, 4.69) is 29.2 Å². The zero-order valence-corrected chi connectivity index (χ0v) is 16.6. The van der Waals surface area contributed by atoms with Crippen molar-refractivity contribution in [3.8, 4) is 0 Å². The molecular formula is C21H25NO4S. The lowest BCUT2D eigenvalue weighted by Gasteiger charge is -2.46. The fourth-order valence-electron chi connectivity index (χ4n) is 4.11. The first-order chi connectivity index (χ1) is 13.1. The predicted octanol–water partition coefficient (Wildman–Crippen LogP) is 3.57. The van der Waals surface area contributed by atoms with Crippen LogP contribution in [0.3, 0.4) is 0 Å². The van der Waals surface area contributed by atoms with E-state index in [-0.39, 0.29) is 17.9 Å². The largest absolute Gasteiger partial charge is 0.465 e. The molecule has 27 heavy (non-hydrogen) atoms. The van der Waals surface area contributed by atoms with Gasteiger partial charge in [-0.1, -0.05) is 30.3 Å². The molecule has 0 amide bonds. The van der Waals surface area contributed by atoms with Crippen molar-refractivity contribution in [1.29, 1.82) is 0 Å². The summed E-state index contributed by atoms with van der Waals surface area (Å²) in [7, 11) is 3.11. The molecule has 1 spiro atoms. The Balaban J connectivity index is 1.54. The van der Waals surface area contributed by atoms with Gasteiger partial charge in [-0.15, -0.1) is 11.3 Å². The van der Waals surface area contributed by atoms with Gasteiger partial charge < -0.3 is 14.2 Å². The lowest BCUT2D eigenvalue weighted by Crippen LogP contribution is -2.48. The van der Waals surface area contributed by atoms with Gasteiger partial charge in [-0.25, -0.2) is 4.79 Å². The number of hydrogen-bond acceptors (Lipinski definition) is 6. The number of carbonyl (C=O) groups excluding carboxylic acids is 1. The number of fused-ring (bicyclic) bond motifs is 2. The molecule has 6 heteroatoms. The van der Waals surface area contributed by atoms with E-state index in [0.717, 1.165) is 38.0 Å². The number of carbonyl (C=O) groups is 1.